The first-order valence-corrected chi connectivity index (χ1v) is 12.4. The van der Waals surface area contributed by atoms with Crippen LogP contribution in [0.3, 0.4) is 0 Å². The molecule has 0 radical (unpaired) electrons. The van der Waals surface area contributed by atoms with Crippen LogP contribution in [0.5, 0.6) is 0 Å². The minimum atomic E-state index is -4.50. The Morgan fingerprint density at radius 1 is 1.14 bits per heavy atom. The fraction of sp³-hybridized carbons (Fsp3) is 0.423. The topological polar surface area (TPSA) is 69.4 Å². The molecule has 37 heavy (non-hydrogen) atoms. The summed E-state index contributed by atoms with van der Waals surface area (Å²) in [6.07, 6.45) is -4.39. The Labute approximate surface area is 217 Å². The maximum atomic E-state index is 13.3. The van der Waals surface area contributed by atoms with Gasteiger partial charge in [-0.15, -0.1) is 5.10 Å². The summed E-state index contributed by atoms with van der Waals surface area (Å²) in [7, 11) is 0. The third-order valence-corrected chi connectivity index (χ3v) is 6.61. The van der Waals surface area contributed by atoms with Crippen LogP contribution in [-0.2, 0) is 22.5 Å². The summed E-state index contributed by atoms with van der Waals surface area (Å²) in [6.45, 7) is 4.58. The van der Waals surface area contributed by atoms with E-state index in [-0.39, 0.29) is 5.82 Å². The lowest BCUT2D eigenvalue weighted by atomic mass is 10.0. The van der Waals surface area contributed by atoms with Crippen molar-refractivity contribution in [3.8, 4) is 17.1 Å². The van der Waals surface area contributed by atoms with E-state index in [0.29, 0.717) is 16.3 Å². The van der Waals surface area contributed by atoms with E-state index in [1.165, 1.54) is 0 Å². The monoisotopic (exact) mass is 536 g/mol. The molecule has 1 atom stereocenters. The van der Waals surface area contributed by atoms with Crippen molar-refractivity contribution in [3.63, 3.8) is 0 Å². The average molecular weight is 537 g/mol. The Kier molecular flexibility index (Phi) is 8.51. The number of benzene rings is 2. The highest BCUT2D eigenvalue weighted by Crippen LogP contribution is 2.29. The van der Waals surface area contributed by atoms with Crippen LogP contribution in [0.1, 0.15) is 18.9 Å². The molecule has 1 aromatic heterocycles. The average Bonchev–Trinajstić information content (AvgIpc) is 3.19. The number of hydrogen-bond acceptors (Lipinski definition) is 5. The molecule has 2 aromatic carbocycles. The van der Waals surface area contributed by atoms with E-state index >= 15 is 0 Å². The lowest BCUT2D eigenvalue weighted by molar-refractivity contribution is -0.173. The highest BCUT2D eigenvalue weighted by molar-refractivity contribution is 6.30. The lowest BCUT2D eigenvalue weighted by Gasteiger charge is -2.26. The van der Waals surface area contributed by atoms with E-state index in [0.717, 1.165) is 61.0 Å². The zero-order valence-corrected chi connectivity index (χ0v) is 21.1. The van der Waals surface area contributed by atoms with Crippen LogP contribution in [0.25, 0.3) is 17.1 Å². The number of carbonyl (C=O) groups excluding carboxylic acids is 1. The number of nitrogens with zero attached hydrogens (tertiary/aromatic N) is 4. The smallest absolute Gasteiger partial charge is 0.379 e. The molecular formula is C26H28ClF3N4O3. The number of hydrogen-bond donors (Lipinski definition) is 0. The molecule has 3 aromatic rings. The van der Waals surface area contributed by atoms with Gasteiger partial charge in [0.05, 0.1) is 31.4 Å². The fourth-order valence-electron chi connectivity index (χ4n) is 4.16. The predicted octanol–water partition coefficient (Wildman–Crippen LogP) is 4.39. The normalized spacial score (nSPS) is 15.6. The first kappa shape index (κ1) is 27.1. The van der Waals surface area contributed by atoms with Gasteiger partial charge in [0.1, 0.15) is 0 Å². The summed E-state index contributed by atoms with van der Waals surface area (Å²) in [5.74, 6) is -2.38. The van der Waals surface area contributed by atoms with Gasteiger partial charge in [-0.3, -0.25) is 14.3 Å². The molecule has 0 N–H and O–H groups in total. The first-order chi connectivity index (χ1) is 17.6. The molecule has 1 unspecified atom stereocenters. The number of carbonyl (C=O) groups is 1. The van der Waals surface area contributed by atoms with Gasteiger partial charge in [0.15, 0.2) is 11.6 Å². The molecule has 0 aliphatic carbocycles. The second-order valence-electron chi connectivity index (χ2n) is 9.17. The molecule has 198 valence electrons. The highest BCUT2D eigenvalue weighted by atomic mass is 35.5. The summed E-state index contributed by atoms with van der Waals surface area (Å²) in [4.78, 5) is 28.2. The largest absolute Gasteiger partial charge is 0.391 e. The first-order valence-electron chi connectivity index (χ1n) is 12.1. The molecule has 1 aliphatic heterocycles. The number of morpholine rings is 1. The predicted molar refractivity (Wildman–Crippen MR) is 134 cm³/mol. The molecule has 0 bridgehead atoms. The number of halogens is 4. The van der Waals surface area contributed by atoms with Crippen LogP contribution in [-0.4, -0.2) is 64.1 Å². The lowest BCUT2D eigenvalue weighted by Crippen LogP contribution is -2.37. The number of rotatable bonds is 9. The minimum absolute atomic E-state index is 0.150. The van der Waals surface area contributed by atoms with Crippen LogP contribution >= 0.6 is 11.6 Å². The number of aromatic nitrogens is 3. The molecule has 0 amide bonds. The third kappa shape index (κ3) is 6.88. The van der Waals surface area contributed by atoms with Crippen LogP contribution in [0.4, 0.5) is 13.2 Å². The van der Waals surface area contributed by atoms with E-state index in [9.17, 15) is 22.8 Å². The molecule has 1 aliphatic rings. The molecule has 0 saturated carbocycles. The molecule has 11 heteroatoms. The van der Waals surface area contributed by atoms with Gasteiger partial charge < -0.3 is 4.74 Å². The van der Waals surface area contributed by atoms with E-state index in [1.807, 2.05) is 12.1 Å². The van der Waals surface area contributed by atoms with Gasteiger partial charge in [-0.2, -0.15) is 17.9 Å². The second kappa shape index (κ2) is 11.6. The minimum Gasteiger partial charge on any atom is -0.379 e. The van der Waals surface area contributed by atoms with E-state index < -0.39 is 36.5 Å². The van der Waals surface area contributed by atoms with E-state index in [2.05, 4.69) is 10.00 Å². The number of ether oxygens (including phenoxy) is 1. The van der Waals surface area contributed by atoms with Gasteiger partial charge in [0.25, 0.3) is 0 Å². The van der Waals surface area contributed by atoms with Gasteiger partial charge in [-0.05, 0) is 36.2 Å². The SMILES string of the molecule is CC(CC(=O)Cn1c(-c2cccc(Cl)c2)nn(-c2ccc(CCN3CCOCC3)cc2)c1=O)C(F)(F)F. The van der Waals surface area contributed by atoms with Gasteiger partial charge in [-0.25, -0.2) is 4.79 Å². The molecule has 4 rings (SSSR count). The number of alkyl halides is 3. The van der Waals surface area contributed by atoms with Crippen molar-refractivity contribution >= 4 is 17.4 Å². The summed E-state index contributed by atoms with van der Waals surface area (Å²) >= 11 is 6.11. The molecule has 1 saturated heterocycles. The molecule has 7 nitrogen and oxygen atoms in total. The molecule has 0 spiro atoms. The Bertz CT molecular complexity index is 1280. The number of Topliss-reactive ketones (excluding diaryl/α,β-unsaturated/α-hetero) is 1. The molecule has 1 fully saturated rings. The molecule has 2 heterocycles. The zero-order chi connectivity index (χ0) is 26.6. The van der Waals surface area contributed by atoms with Crippen LogP contribution < -0.4 is 5.69 Å². The highest BCUT2D eigenvalue weighted by Gasteiger charge is 2.37. The standard InChI is InChI=1S/C26H28ClF3N4O3/c1-18(26(28,29)30)15-23(35)17-33-24(20-3-2-4-21(27)16-20)31-34(25(33)36)22-7-5-19(6-8-22)9-10-32-11-13-37-14-12-32/h2-8,16,18H,9-15,17H2,1H3. The summed E-state index contributed by atoms with van der Waals surface area (Å²) < 4.78 is 46.6. The zero-order valence-electron chi connectivity index (χ0n) is 20.4. The third-order valence-electron chi connectivity index (χ3n) is 6.37. The Hall–Kier alpha value is -2.95. The van der Waals surface area contributed by atoms with Crippen LogP contribution in [0.15, 0.2) is 53.3 Å². The summed E-state index contributed by atoms with van der Waals surface area (Å²) in [5.41, 5.74) is 1.43. The van der Waals surface area contributed by atoms with Gasteiger partial charge in [0.2, 0.25) is 0 Å². The maximum absolute atomic E-state index is 13.3. The Balaban J connectivity index is 1.59. The Morgan fingerprint density at radius 2 is 1.84 bits per heavy atom. The van der Waals surface area contributed by atoms with E-state index in [4.69, 9.17) is 16.3 Å². The van der Waals surface area contributed by atoms with E-state index in [1.54, 1.807) is 36.4 Å². The summed E-state index contributed by atoms with van der Waals surface area (Å²) in [5, 5.41) is 4.83. The van der Waals surface area contributed by atoms with Crippen molar-refractivity contribution in [1.82, 2.24) is 19.2 Å². The van der Waals surface area contributed by atoms with Crippen molar-refractivity contribution in [2.24, 2.45) is 5.92 Å². The quantitative estimate of drug-likeness (QED) is 0.406. The summed E-state index contributed by atoms with van der Waals surface area (Å²) in [6, 6.07) is 13.9. The van der Waals surface area contributed by atoms with Crippen molar-refractivity contribution in [3.05, 3.63) is 69.6 Å². The van der Waals surface area contributed by atoms with Gasteiger partial charge in [-0.1, -0.05) is 42.8 Å². The second-order valence-corrected chi connectivity index (χ2v) is 9.61. The molecular weight excluding hydrogens is 509 g/mol. The van der Waals surface area contributed by atoms with Crippen LogP contribution in [0, 0.1) is 5.92 Å². The van der Waals surface area contributed by atoms with Crippen LogP contribution in [0.2, 0.25) is 5.02 Å². The number of ketones is 1. The Morgan fingerprint density at radius 3 is 2.49 bits per heavy atom. The maximum Gasteiger partial charge on any atom is 0.391 e. The van der Waals surface area contributed by atoms with Crippen molar-refractivity contribution in [2.45, 2.75) is 32.5 Å². The van der Waals surface area contributed by atoms with Gasteiger partial charge >= 0.3 is 11.9 Å². The van der Waals surface area contributed by atoms with Gasteiger partial charge in [0, 0.05) is 36.6 Å². The van der Waals surface area contributed by atoms with Crippen molar-refractivity contribution < 1.29 is 22.7 Å². The fourth-order valence-corrected chi connectivity index (χ4v) is 4.35. The van der Waals surface area contributed by atoms with Crippen molar-refractivity contribution in [2.75, 3.05) is 32.8 Å². The van der Waals surface area contributed by atoms with Crippen molar-refractivity contribution in [1.29, 1.82) is 0 Å².